The molecule has 2 aromatic heterocycles. The van der Waals surface area contributed by atoms with Crippen molar-refractivity contribution in [3.05, 3.63) is 89.8 Å². The molecule has 4 heterocycles. The van der Waals surface area contributed by atoms with Crippen LogP contribution in [0.5, 0.6) is 5.75 Å². The molecule has 7 nitrogen and oxygen atoms in total. The summed E-state index contributed by atoms with van der Waals surface area (Å²) in [6.45, 7) is 2.34. The Kier molecular flexibility index (Phi) is 7.49. The van der Waals surface area contributed by atoms with Gasteiger partial charge < -0.3 is 19.4 Å². The Morgan fingerprint density at radius 2 is 1.73 bits per heavy atom. The fourth-order valence-electron chi connectivity index (χ4n) is 5.58. The normalized spacial score (nSPS) is 15.7. The molecule has 1 fully saturated rings. The zero-order chi connectivity index (χ0) is 28.5. The predicted octanol–water partition coefficient (Wildman–Crippen LogP) is 5.61. The SMILES string of the molecule is CN(C)C1CCN(c2ccc(Cc3ncc(F)c(-c4cc(F)c5c(c4)N(c4ccccn4)CCO5)n3)cc2F)CC1. The quantitative estimate of drug-likeness (QED) is 0.304. The van der Waals surface area contributed by atoms with Gasteiger partial charge in [0, 0.05) is 37.3 Å². The molecule has 2 aliphatic heterocycles. The number of aromatic nitrogens is 3. The number of pyridine rings is 1. The van der Waals surface area contributed by atoms with Crippen molar-refractivity contribution in [3.8, 4) is 17.0 Å². The minimum absolute atomic E-state index is 0.0379. The van der Waals surface area contributed by atoms with Crippen LogP contribution in [0, 0.1) is 17.5 Å². The summed E-state index contributed by atoms with van der Waals surface area (Å²) in [5.41, 5.74) is 1.89. The molecule has 0 aliphatic carbocycles. The third kappa shape index (κ3) is 5.56. The molecular formula is C31H31F3N6O. The Morgan fingerprint density at radius 1 is 0.902 bits per heavy atom. The molecule has 0 saturated carbocycles. The second-order valence-electron chi connectivity index (χ2n) is 10.6. The topological polar surface area (TPSA) is 57.6 Å². The second kappa shape index (κ2) is 11.4. The van der Waals surface area contributed by atoms with Crippen LogP contribution in [-0.2, 0) is 6.42 Å². The Labute approximate surface area is 237 Å². The number of hydrogen-bond acceptors (Lipinski definition) is 7. The predicted molar refractivity (Wildman–Crippen MR) is 152 cm³/mol. The standard InChI is InChI=1S/C31H31F3N6O/c1-38(2)22-8-11-39(12-9-22)26-7-6-20(15-23(26)32)16-28-36-19-25(34)30(37-28)21-17-24(33)31-27(18-21)40(13-14-41-31)29-5-3-4-10-35-29/h3-7,10,15,17-19,22H,8-9,11-14,16H2,1-2H3. The van der Waals surface area contributed by atoms with Crippen LogP contribution >= 0.6 is 0 Å². The lowest BCUT2D eigenvalue weighted by Crippen LogP contribution is -2.42. The number of benzene rings is 2. The van der Waals surface area contributed by atoms with Gasteiger partial charge in [0.25, 0.3) is 0 Å². The third-order valence-corrected chi connectivity index (χ3v) is 7.78. The lowest BCUT2D eigenvalue weighted by Gasteiger charge is -2.36. The maximum atomic E-state index is 15.2. The summed E-state index contributed by atoms with van der Waals surface area (Å²) in [5.74, 6) is -0.593. The van der Waals surface area contributed by atoms with E-state index in [9.17, 15) is 0 Å². The van der Waals surface area contributed by atoms with Gasteiger partial charge in [0.1, 0.15) is 29.8 Å². The molecule has 2 aliphatic rings. The van der Waals surface area contributed by atoms with Gasteiger partial charge in [0.05, 0.1) is 24.1 Å². The zero-order valence-corrected chi connectivity index (χ0v) is 23.0. The van der Waals surface area contributed by atoms with Gasteiger partial charge in [0.2, 0.25) is 0 Å². The first-order valence-electron chi connectivity index (χ1n) is 13.7. The fraction of sp³-hybridized carbons (Fsp3) is 0.323. The average molecular weight is 561 g/mol. The maximum absolute atomic E-state index is 15.2. The van der Waals surface area contributed by atoms with E-state index in [0.29, 0.717) is 41.2 Å². The largest absolute Gasteiger partial charge is 0.486 e. The number of hydrogen-bond donors (Lipinski definition) is 0. The van der Waals surface area contributed by atoms with Crippen LogP contribution in [-0.4, -0.2) is 66.2 Å². The lowest BCUT2D eigenvalue weighted by atomic mass is 10.0. The summed E-state index contributed by atoms with van der Waals surface area (Å²) >= 11 is 0. The van der Waals surface area contributed by atoms with Gasteiger partial charge in [-0.1, -0.05) is 12.1 Å². The molecule has 0 bridgehead atoms. The molecule has 0 unspecified atom stereocenters. The van der Waals surface area contributed by atoms with Crippen LogP contribution in [0.25, 0.3) is 11.3 Å². The van der Waals surface area contributed by atoms with Gasteiger partial charge in [-0.15, -0.1) is 0 Å². The van der Waals surface area contributed by atoms with E-state index in [2.05, 4.69) is 38.8 Å². The van der Waals surface area contributed by atoms with Gasteiger partial charge in [-0.05, 0) is 68.9 Å². The van der Waals surface area contributed by atoms with E-state index in [-0.39, 0.29) is 35.9 Å². The summed E-state index contributed by atoms with van der Waals surface area (Å²) in [7, 11) is 4.15. The van der Waals surface area contributed by atoms with E-state index in [1.165, 1.54) is 12.1 Å². The molecule has 0 atom stereocenters. The van der Waals surface area contributed by atoms with Crippen molar-refractivity contribution < 1.29 is 17.9 Å². The number of anilines is 3. The molecule has 0 N–H and O–H groups in total. The molecule has 212 valence electrons. The molecular weight excluding hydrogens is 529 g/mol. The van der Waals surface area contributed by atoms with Gasteiger partial charge in [-0.25, -0.2) is 28.1 Å². The van der Waals surface area contributed by atoms with Crippen LogP contribution in [0.15, 0.2) is 60.9 Å². The number of piperidine rings is 1. The highest BCUT2D eigenvalue weighted by Crippen LogP contribution is 2.41. The van der Waals surface area contributed by atoms with Crippen molar-refractivity contribution in [1.82, 2.24) is 19.9 Å². The van der Waals surface area contributed by atoms with Crippen LogP contribution in [0.4, 0.5) is 30.4 Å². The van der Waals surface area contributed by atoms with E-state index in [4.69, 9.17) is 4.74 Å². The highest BCUT2D eigenvalue weighted by Gasteiger charge is 2.26. The molecule has 0 radical (unpaired) electrons. The molecule has 4 aromatic rings. The second-order valence-corrected chi connectivity index (χ2v) is 10.6. The van der Waals surface area contributed by atoms with Crippen molar-refractivity contribution in [3.63, 3.8) is 0 Å². The van der Waals surface area contributed by atoms with Crippen LogP contribution in [0.2, 0.25) is 0 Å². The van der Waals surface area contributed by atoms with Crippen LogP contribution < -0.4 is 14.5 Å². The van der Waals surface area contributed by atoms with Crippen molar-refractivity contribution in [2.24, 2.45) is 0 Å². The summed E-state index contributed by atoms with van der Waals surface area (Å²) < 4.78 is 51.0. The summed E-state index contributed by atoms with van der Waals surface area (Å²) in [6.07, 6.45) is 4.89. The molecule has 0 amide bonds. The highest BCUT2D eigenvalue weighted by molar-refractivity contribution is 5.76. The first-order chi connectivity index (χ1) is 19.9. The molecule has 10 heteroatoms. The average Bonchev–Trinajstić information content (AvgIpc) is 2.98. The van der Waals surface area contributed by atoms with Gasteiger partial charge in [0.15, 0.2) is 17.4 Å². The summed E-state index contributed by atoms with van der Waals surface area (Å²) in [6, 6.07) is 14.0. The smallest absolute Gasteiger partial charge is 0.178 e. The fourth-order valence-corrected chi connectivity index (χ4v) is 5.58. The van der Waals surface area contributed by atoms with Crippen molar-refractivity contribution in [2.45, 2.75) is 25.3 Å². The lowest BCUT2D eigenvalue weighted by molar-refractivity contribution is 0.249. The monoisotopic (exact) mass is 560 g/mol. The Bertz CT molecular complexity index is 1540. The van der Waals surface area contributed by atoms with Crippen molar-refractivity contribution >= 4 is 17.2 Å². The van der Waals surface area contributed by atoms with E-state index < -0.39 is 11.6 Å². The Morgan fingerprint density at radius 3 is 2.46 bits per heavy atom. The Balaban J connectivity index is 1.25. The maximum Gasteiger partial charge on any atom is 0.178 e. The number of ether oxygens (including phenoxy) is 1. The van der Waals surface area contributed by atoms with Gasteiger partial charge in [-0.3, -0.25) is 0 Å². The van der Waals surface area contributed by atoms with E-state index in [0.717, 1.165) is 32.1 Å². The molecule has 2 aromatic carbocycles. The van der Waals surface area contributed by atoms with Crippen LogP contribution in [0.1, 0.15) is 24.2 Å². The molecule has 0 spiro atoms. The highest BCUT2D eigenvalue weighted by atomic mass is 19.1. The minimum Gasteiger partial charge on any atom is -0.486 e. The molecule has 41 heavy (non-hydrogen) atoms. The van der Waals surface area contributed by atoms with Gasteiger partial charge >= 0.3 is 0 Å². The van der Waals surface area contributed by atoms with E-state index >= 15 is 13.2 Å². The van der Waals surface area contributed by atoms with Gasteiger partial charge in [-0.2, -0.15) is 0 Å². The number of fused-ring (bicyclic) bond motifs is 1. The molecule has 1 saturated heterocycles. The van der Waals surface area contributed by atoms with Crippen molar-refractivity contribution in [1.29, 1.82) is 0 Å². The molecule has 6 rings (SSSR count). The number of rotatable bonds is 6. The first kappa shape index (κ1) is 27.0. The van der Waals surface area contributed by atoms with E-state index in [1.54, 1.807) is 24.4 Å². The summed E-state index contributed by atoms with van der Waals surface area (Å²) in [4.78, 5) is 19.1. The first-order valence-corrected chi connectivity index (χ1v) is 13.7. The number of nitrogens with zero attached hydrogens (tertiary/aromatic N) is 6. The zero-order valence-electron chi connectivity index (χ0n) is 23.0. The summed E-state index contributed by atoms with van der Waals surface area (Å²) in [5, 5.41) is 0. The van der Waals surface area contributed by atoms with E-state index in [1.807, 2.05) is 23.1 Å². The third-order valence-electron chi connectivity index (χ3n) is 7.78. The number of halogens is 3. The van der Waals surface area contributed by atoms with Crippen LogP contribution in [0.3, 0.4) is 0 Å². The van der Waals surface area contributed by atoms with Crippen molar-refractivity contribution in [2.75, 3.05) is 50.1 Å². The minimum atomic E-state index is -0.683. The Hall–Kier alpha value is -4.18.